The van der Waals surface area contributed by atoms with Gasteiger partial charge in [-0.25, -0.2) is 4.79 Å². The summed E-state index contributed by atoms with van der Waals surface area (Å²) < 4.78 is 37.4. The van der Waals surface area contributed by atoms with Gasteiger partial charge in [0.2, 0.25) is 5.75 Å². The molecule has 8 rings (SSSR count). The van der Waals surface area contributed by atoms with Gasteiger partial charge in [-0.1, -0.05) is 129 Å². The van der Waals surface area contributed by atoms with Gasteiger partial charge in [-0.3, -0.25) is 4.79 Å². The van der Waals surface area contributed by atoms with E-state index >= 15 is 0 Å². The van der Waals surface area contributed by atoms with E-state index in [1.165, 1.54) is 20.3 Å². The van der Waals surface area contributed by atoms with E-state index in [1.807, 2.05) is 78.9 Å². The highest BCUT2D eigenvalue weighted by Crippen LogP contribution is 2.50. The maximum atomic E-state index is 14.0. The van der Waals surface area contributed by atoms with Crippen LogP contribution in [0.15, 0.2) is 136 Å². The van der Waals surface area contributed by atoms with Crippen molar-refractivity contribution in [2.24, 2.45) is 5.16 Å². The first-order valence-corrected chi connectivity index (χ1v) is 20.1. The van der Waals surface area contributed by atoms with Crippen LogP contribution in [0.3, 0.4) is 0 Å². The summed E-state index contributed by atoms with van der Waals surface area (Å²) >= 11 is 0. The summed E-state index contributed by atoms with van der Waals surface area (Å²) in [5.74, 6) is 0.0191. The number of hydrogen-bond donors (Lipinski definition) is 1. The zero-order chi connectivity index (χ0) is 38.4. The minimum Gasteiger partial charge on any atom is -0.493 e. The highest BCUT2D eigenvalue weighted by molar-refractivity contribution is 6.99. The number of methoxy groups -OCH3 is 2. The van der Waals surface area contributed by atoms with Crippen molar-refractivity contribution in [1.29, 1.82) is 0 Å². The van der Waals surface area contributed by atoms with Crippen LogP contribution in [0.5, 0.6) is 11.5 Å². The van der Waals surface area contributed by atoms with Crippen molar-refractivity contribution in [2.45, 2.75) is 62.4 Å². The Morgan fingerprint density at radius 3 is 2.15 bits per heavy atom. The molecule has 1 unspecified atom stereocenters. The molecule has 1 amide bonds. The third-order valence-corrected chi connectivity index (χ3v) is 15.6. The number of amides is 1. The van der Waals surface area contributed by atoms with E-state index in [1.54, 1.807) is 12.1 Å². The van der Waals surface area contributed by atoms with Crippen LogP contribution in [-0.4, -0.2) is 58.1 Å². The molecule has 0 saturated carbocycles. The predicted molar refractivity (Wildman–Crippen MR) is 211 cm³/mol. The fourth-order valence-electron chi connectivity index (χ4n) is 8.03. The number of hydrogen-bond acceptors (Lipinski definition) is 10. The molecule has 5 aromatic rings. The standard InChI is InChI=1S/C43H42N2O9Si/c1-42(2,3)55(29-17-11-7-12-18-29,30-19-13-8-14-20-30)54-34-23-24-35-43(52-41(50-35)27-15-9-6-10-16-27)26-32(45-53-38(34)43)39(46)44-31-25-28-21-22-33(48-4)37(49-5)36(28)51-40(31)47/h6-25,34-35,38,41H,26H2,1-5H3,(H,44,46)/t34-,35+,38+,41?,43+/m1/s1. The zero-order valence-corrected chi connectivity index (χ0v) is 32.2. The first-order valence-electron chi connectivity index (χ1n) is 18.2. The largest absolute Gasteiger partial charge is 0.493 e. The number of carbonyl (C=O) groups is 1. The van der Waals surface area contributed by atoms with Crippen molar-refractivity contribution < 1.29 is 37.4 Å². The Bertz CT molecular complexity index is 2290. The molecule has 2 aliphatic heterocycles. The third kappa shape index (κ3) is 6.24. The van der Waals surface area contributed by atoms with Crippen molar-refractivity contribution >= 4 is 47.0 Å². The number of nitrogens with one attached hydrogen (secondary N) is 1. The van der Waals surface area contributed by atoms with Crippen LogP contribution in [0.25, 0.3) is 11.0 Å². The fourth-order valence-corrected chi connectivity index (χ4v) is 12.7. The molecular formula is C43H42N2O9Si. The maximum Gasteiger partial charge on any atom is 0.360 e. The van der Waals surface area contributed by atoms with Crippen LogP contribution < -0.4 is 30.8 Å². The highest BCUT2D eigenvalue weighted by Gasteiger charge is 2.64. The Balaban J connectivity index is 1.17. The SMILES string of the molecule is COc1ccc2cc(NC(=O)C3=NO[C@H]4[C@H](O[Si](c5ccccc5)(c5ccccc5)C(C)(C)C)C=C[C@@H]5OC(c6ccccc6)O[C@@]54C3)c(=O)oc2c1OC. The van der Waals surface area contributed by atoms with Gasteiger partial charge < -0.3 is 37.9 Å². The molecule has 1 aromatic heterocycles. The van der Waals surface area contributed by atoms with Crippen molar-refractivity contribution in [3.63, 3.8) is 0 Å². The predicted octanol–water partition coefficient (Wildman–Crippen LogP) is 6.26. The number of ether oxygens (including phenoxy) is 4. The molecule has 5 atom stereocenters. The summed E-state index contributed by atoms with van der Waals surface area (Å²) in [7, 11) is -0.145. The summed E-state index contributed by atoms with van der Waals surface area (Å²) in [5.41, 5.74) is -1.05. The molecule has 282 valence electrons. The maximum absolute atomic E-state index is 14.0. The molecular weight excluding hydrogens is 717 g/mol. The number of nitrogens with zero attached hydrogens (tertiary/aromatic N) is 1. The lowest BCUT2D eigenvalue weighted by Crippen LogP contribution is -2.71. The van der Waals surface area contributed by atoms with Crippen LogP contribution in [-0.2, 0) is 23.5 Å². The molecule has 0 radical (unpaired) electrons. The number of rotatable bonds is 9. The molecule has 3 aliphatic rings. The van der Waals surface area contributed by atoms with Crippen LogP contribution >= 0.6 is 0 Å². The summed E-state index contributed by atoms with van der Waals surface area (Å²) in [5, 5.41) is 9.50. The Morgan fingerprint density at radius 2 is 1.53 bits per heavy atom. The van der Waals surface area contributed by atoms with Gasteiger partial charge in [-0.2, -0.15) is 0 Å². The lowest BCUT2D eigenvalue weighted by atomic mass is 9.78. The number of anilines is 1. The van der Waals surface area contributed by atoms with Gasteiger partial charge >= 0.3 is 5.63 Å². The molecule has 4 aromatic carbocycles. The molecule has 0 bridgehead atoms. The first kappa shape index (κ1) is 36.4. The molecule has 3 heterocycles. The molecule has 11 nitrogen and oxygen atoms in total. The number of benzene rings is 4. The van der Waals surface area contributed by atoms with Crippen LogP contribution in [0, 0.1) is 0 Å². The lowest BCUT2D eigenvalue weighted by Gasteiger charge is -2.50. The van der Waals surface area contributed by atoms with Crippen molar-refractivity contribution in [2.75, 3.05) is 19.5 Å². The molecule has 1 N–H and O–H groups in total. The number of carbonyl (C=O) groups excluding carboxylic acids is 1. The van der Waals surface area contributed by atoms with E-state index in [2.05, 4.69) is 55.5 Å². The molecule has 1 saturated heterocycles. The van der Waals surface area contributed by atoms with Crippen molar-refractivity contribution in [3.8, 4) is 11.5 Å². The topological polar surface area (TPSA) is 127 Å². The minimum atomic E-state index is -3.09. The molecule has 1 fully saturated rings. The Morgan fingerprint density at radius 1 is 0.873 bits per heavy atom. The average molecular weight is 759 g/mol. The number of oxime groups is 1. The smallest absolute Gasteiger partial charge is 0.360 e. The van der Waals surface area contributed by atoms with Gasteiger partial charge in [0.1, 0.15) is 29.2 Å². The normalized spacial score (nSPS) is 23.3. The van der Waals surface area contributed by atoms with Gasteiger partial charge in [0.05, 0.1) is 14.2 Å². The van der Waals surface area contributed by atoms with E-state index < -0.39 is 50.1 Å². The minimum absolute atomic E-state index is 0.00633. The number of fused-ring (bicyclic) bond motifs is 1. The van der Waals surface area contributed by atoms with E-state index in [4.69, 9.17) is 32.6 Å². The third-order valence-electron chi connectivity index (χ3n) is 10.6. The van der Waals surface area contributed by atoms with Gasteiger partial charge in [-0.15, -0.1) is 0 Å². The summed E-state index contributed by atoms with van der Waals surface area (Å²) in [6.45, 7) is 6.63. The second kappa shape index (κ2) is 14.3. The van der Waals surface area contributed by atoms with Crippen LogP contribution in [0.2, 0.25) is 5.04 Å². The quantitative estimate of drug-likeness (QED) is 0.105. The summed E-state index contributed by atoms with van der Waals surface area (Å²) in [4.78, 5) is 33.6. The Labute approximate surface area is 319 Å². The second-order valence-corrected chi connectivity index (χ2v) is 19.1. The van der Waals surface area contributed by atoms with E-state index in [0.717, 1.165) is 15.9 Å². The monoisotopic (exact) mass is 758 g/mol. The highest BCUT2D eigenvalue weighted by atomic mass is 28.4. The molecule has 1 aliphatic carbocycles. The van der Waals surface area contributed by atoms with E-state index in [0.29, 0.717) is 11.1 Å². The fraction of sp³-hybridized carbons (Fsp3) is 0.279. The molecule has 55 heavy (non-hydrogen) atoms. The first-order chi connectivity index (χ1) is 26.6. The summed E-state index contributed by atoms with van der Waals surface area (Å²) in [6.07, 6.45) is 1.12. The van der Waals surface area contributed by atoms with Gasteiger partial charge in [-0.05, 0) is 33.6 Å². The second-order valence-electron chi connectivity index (χ2n) is 14.9. The van der Waals surface area contributed by atoms with E-state index in [-0.39, 0.29) is 34.2 Å². The molecule has 12 heteroatoms. The lowest BCUT2D eigenvalue weighted by molar-refractivity contribution is -0.179. The Hall–Kier alpha value is -5.53. The van der Waals surface area contributed by atoms with Gasteiger partial charge in [0, 0.05) is 17.4 Å². The van der Waals surface area contributed by atoms with Crippen molar-refractivity contribution in [1.82, 2.24) is 0 Å². The molecule has 1 spiro atoms. The Kier molecular flexibility index (Phi) is 9.46. The van der Waals surface area contributed by atoms with Crippen LogP contribution in [0.4, 0.5) is 5.69 Å². The zero-order valence-electron chi connectivity index (χ0n) is 31.2. The average Bonchev–Trinajstić information content (AvgIpc) is 3.58. The van der Waals surface area contributed by atoms with Crippen molar-refractivity contribution in [3.05, 3.63) is 137 Å². The van der Waals surface area contributed by atoms with Crippen LogP contribution in [0.1, 0.15) is 39.0 Å². The van der Waals surface area contributed by atoms with Gasteiger partial charge in [0.15, 0.2) is 23.7 Å². The van der Waals surface area contributed by atoms with Gasteiger partial charge in [0.25, 0.3) is 14.2 Å². The van der Waals surface area contributed by atoms with E-state index in [9.17, 15) is 9.59 Å². The summed E-state index contributed by atoms with van der Waals surface area (Å²) in [6, 6.07) is 35.2.